The maximum absolute atomic E-state index is 10.6. The number of ether oxygens (including phenoxy) is 1. The van der Waals surface area contributed by atoms with Gasteiger partial charge in [-0.3, -0.25) is 0 Å². The van der Waals surface area contributed by atoms with Crippen molar-refractivity contribution in [3.8, 4) is 0 Å². The standard InChI is InChI=1S/C10H13BO3/c11-14-10(12)13-8-4-7-9-5-2-1-3-6-9/h1-3,5-6H,4,7-8,11H2. The lowest BCUT2D eigenvalue weighted by molar-refractivity contribution is 0.101. The number of benzene rings is 1. The first kappa shape index (κ1) is 10.6. The van der Waals surface area contributed by atoms with Crippen molar-refractivity contribution in [2.75, 3.05) is 6.61 Å². The van der Waals surface area contributed by atoms with Crippen LogP contribution in [0.2, 0.25) is 0 Å². The van der Waals surface area contributed by atoms with Crippen LogP contribution >= 0.6 is 0 Å². The monoisotopic (exact) mass is 192 g/mol. The second-order valence-corrected chi connectivity index (χ2v) is 2.89. The summed E-state index contributed by atoms with van der Waals surface area (Å²) in [4.78, 5) is 10.6. The Hall–Kier alpha value is -1.45. The summed E-state index contributed by atoms with van der Waals surface area (Å²) in [6, 6.07) is 10.1. The van der Waals surface area contributed by atoms with Crippen molar-refractivity contribution in [3.05, 3.63) is 35.9 Å². The summed E-state index contributed by atoms with van der Waals surface area (Å²) in [5.41, 5.74) is 1.25. The van der Waals surface area contributed by atoms with Crippen LogP contribution in [0.4, 0.5) is 4.79 Å². The summed E-state index contributed by atoms with van der Waals surface area (Å²) in [5.74, 6) is 0. The summed E-state index contributed by atoms with van der Waals surface area (Å²) < 4.78 is 9.09. The van der Waals surface area contributed by atoms with Gasteiger partial charge in [0.15, 0.2) is 0 Å². The van der Waals surface area contributed by atoms with Crippen LogP contribution in [0.25, 0.3) is 0 Å². The van der Waals surface area contributed by atoms with Crippen LogP contribution in [0.15, 0.2) is 30.3 Å². The fourth-order valence-electron chi connectivity index (χ4n) is 1.14. The van der Waals surface area contributed by atoms with E-state index in [4.69, 9.17) is 4.74 Å². The minimum absolute atomic E-state index is 0.404. The van der Waals surface area contributed by atoms with Gasteiger partial charge >= 0.3 is 14.2 Å². The van der Waals surface area contributed by atoms with Gasteiger partial charge in [0.1, 0.15) is 0 Å². The van der Waals surface area contributed by atoms with E-state index in [0.717, 1.165) is 12.8 Å². The lowest BCUT2D eigenvalue weighted by Crippen LogP contribution is -2.06. The molecule has 0 amide bonds. The number of rotatable bonds is 4. The molecule has 0 unspecified atom stereocenters. The van der Waals surface area contributed by atoms with Gasteiger partial charge in [-0.25, -0.2) is 4.79 Å². The Balaban J connectivity index is 2.13. The van der Waals surface area contributed by atoms with Gasteiger partial charge < -0.3 is 9.39 Å². The molecule has 14 heavy (non-hydrogen) atoms. The third-order valence-corrected chi connectivity index (χ3v) is 1.84. The Labute approximate surface area is 84.5 Å². The van der Waals surface area contributed by atoms with Crippen LogP contribution in [0.5, 0.6) is 0 Å². The lowest BCUT2D eigenvalue weighted by Gasteiger charge is -2.03. The molecule has 4 heteroatoms. The number of aryl methyl sites for hydroxylation is 1. The average Bonchev–Trinajstić information content (AvgIpc) is 2.25. The van der Waals surface area contributed by atoms with E-state index >= 15 is 0 Å². The molecule has 3 nitrogen and oxygen atoms in total. The fraction of sp³-hybridized carbons (Fsp3) is 0.300. The number of carbonyl (C=O) groups excluding carboxylic acids is 1. The molecule has 1 aromatic carbocycles. The molecule has 0 aliphatic rings. The first-order valence-corrected chi connectivity index (χ1v) is 4.57. The molecule has 0 heterocycles. The Morgan fingerprint density at radius 3 is 2.64 bits per heavy atom. The van der Waals surface area contributed by atoms with Gasteiger partial charge in [0, 0.05) is 0 Å². The van der Waals surface area contributed by atoms with Crippen molar-refractivity contribution < 1.29 is 14.2 Å². The lowest BCUT2D eigenvalue weighted by atomic mass is 10.1. The van der Waals surface area contributed by atoms with Crippen LogP contribution in [0.1, 0.15) is 12.0 Å². The number of hydrogen-bond donors (Lipinski definition) is 0. The molecule has 0 saturated heterocycles. The highest BCUT2D eigenvalue weighted by Gasteiger charge is 1.98. The maximum Gasteiger partial charge on any atom is 0.489 e. The zero-order chi connectivity index (χ0) is 10.2. The van der Waals surface area contributed by atoms with Gasteiger partial charge in [0.2, 0.25) is 0 Å². The molecule has 1 rings (SSSR count). The van der Waals surface area contributed by atoms with E-state index in [9.17, 15) is 4.79 Å². The fourth-order valence-corrected chi connectivity index (χ4v) is 1.14. The third-order valence-electron chi connectivity index (χ3n) is 1.84. The van der Waals surface area contributed by atoms with Gasteiger partial charge in [0.05, 0.1) is 6.61 Å². The van der Waals surface area contributed by atoms with E-state index in [1.54, 1.807) is 0 Å². The summed E-state index contributed by atoms with van der Waals surface area (Å²) >= 11 is 0. The Kier molecular flexibility index (Phi) is 4.62. The first-order chi connectivity index (χ1) is 6.83. The SMILES string of the molecule is BOC(=O)OCCCc1ccccc1. The smallest absolute Gasteiger partial charge is 0.489 e. The highest BCUT2D eigenvalue weighted by molar-refractivity contribution is 6.04. The normalized spacial score (nSPS) is 9.43. The predicted octanol–water partition coefficient (Wildman–Crippen LogP) is 1.32. The van der Waals surface area contributed by atoms with Crippen molar-refractivity contribution >= 4 is 14.2 Å². The average molecular weight is 192 g/mol. The Morgan fingerprint density at radius 1 is 1.29 bits per heavy atom. The number of carbonyl (C=O) groups is 1. The molecule has 0 saturated carbocycles. The number of hydrogen-bond acceptors (Lipinski definition) is 3. The largest absolute Gasteiger partial charge is 0.513 e. The van der Waals surface area contributed by atoms with Gasteiger partial charge in [-0.15, -0.1) is 0 Å². The maximum atomic E-state index is 10.6. The molecular weight excluding hydrogens is 179 g/mol. The van der Waals surface area contributed by atoms with Crippen molar-refractivity contribution in [3.63, 3.8) is 0 Å². The second kappa shape index (κ2) is 6.08. The molecule has 0 radical (unpaired) electrons. The quantitative estimate of drug-likeness (QED) is 0.410. The molecule has 0 aliphatic carbocycles. The van der Waals surface area contributed by atoms with E-state index in [2.05, 4.69) is 16.8 Å². The summed E-state index contributed by atoms with van der Waals surface area (Å²) in [6.45, 7) is 0.404. The van der Waals surface area contributed by atoms with E-state index in [1.807, 2.05) is 18.2 Å². The van der Waals surface area contributed by atoms with Crippen molar-refractivity contribution in [2.45, 2.75) is 12.8 Å². The molecule has 0 N–H and O–H groups in total. The minimum atomic E-state index is -0.613. The van der Waals surface area contributed by atoms with Gasteiger partial charge in [-0.1, -0.05) is 30.3 Å². The van der Waals surface area contributed by atoms with E-state index in [0.29, 0.717) is 6.61 Å². The van der Waals surface area contributed by atoms with Gasteiger partial charge in [0.25, 0.3) is 0 Å². The molecular formula is C10H13BO3. The van der Waals surface area contributed by atoms with E-state index in [1.165, 1.54) is 13.6 Å². The summed E-state index contributed by atoms with van der Waals surface area (Å²) in [7, 11) is 1.31. The third kappa shape index (κ3) is 3.98. The zero-order valence-electron chi connectivity index (χ0n) is 8.23. The zero-order valence-corrected chi connectivity index (χ0v) is 8.23. The van der Waals surface area contributed by atoms with Crippen molar-refractivity contribution in [1.82, 2.24) is 0 Å². The highest BCUT2D eigenvalue weighted by atomic mass is 16.7. The van der Waals surface area contributed by atoms with Crippen LogP contribution < -0.4 is 0 Å². The van der Waals surface area contributed by atoms with Crippen LogP contribution in [-0.4, -0.2) is 20.8 Å². The molecule has 0 spiro atoms. The second-order valence-electron chi connectivity index (χ2n) is 2.89. The molecule has 0 atom stereocenters. The molecule has 0 aliphatic heterocycles. The Morgan fingerprint density at radius 2 is 2.00 bits per heavy atom. The van der Waals surface area contributed by atoms with Gasteiger partial charge in [-0.2, -0.15) is 0 Å². The molecule has 0 bridgehead atoms. The molecule has 1 aromatic rings. The van der Waals surface area contributed by atoms with Gasteiger partial charge in [-0.05, 0) is 18.4 Å². The van der Waals surface area contributed by atoms with Crippen LogP contribution in [-0.2, 0) is 15.8 Å². The van der Waals surface area contributed by atoms with Crippen molar-refractivity contribution in [2.24, 2.45) is 0 Å². The van der Waals surface area contributed by atoms with E-state index < -0.39 is 6.16 Å². The highest BCUT2D eigenvalue weighted by Crippen LogP contribution is 2.02. The van der Waals surface area contributed by atoms with E-state index in [-0.39, 0.29) is 0 Å². The minimum Gasteiger partial charge on any atom is -0.513 e. The predicted molar refractivity (Wildman–Crippen MR) is 55.7 cm³/mol. The summed E-state index contributed by atoms with van der Waals surface area (Å²) in [5, 5.41) is 0. The van der Waals surface area contributed by atoms with Crippen LogP contribution in [0, 0.1) is 0 Å². The molecule has 0 aromatic heterocycles. The van der Waals surface area contributed by atoms with Crippen molar-refractivity contribution in [1.29, 1.82) is 0 Å². The molecule has 0 fully saturated rings. The van der Waals surface area contributed by atoms with Crippen LogP contribution in [0.3, 0.4) is 0 Å². The Bertz CT molecular complexity index is 274. The first-order valence-electron chi connectivity index (χ1n) is 4.57. The topological polar surface area (TPSA) is 35.5 Å². The molecule has 74 valence electrons. The summed E-state index contributed by atoms with van der Waals surface area (Å²) in [6.07, 6.45) is 1.12.